The molecule has 0 amide bonds. The summed E-state index contributed by atoms with van der Waals surface area (Å²) in [7, 11) is -3.74. The number of benzene rings is 2. The second kappa shape index (κ2) is 6.76. The number of nitrogens with zero attached hydrogens (tertiary/aromatic N) is 1. The third-order valence-electron chi connectivity index (χ3n) is 3.65. The van der Waals surface area contributed by atoms with Gasteiger partial charge in [0.25, 0.3) is 0 Å². The van der Waals surface area contributed by atoms with Crippen molar-refractivity contribution in [1.82, 2.24) is 0 Å². The van der Waals surface area contributed by atoms with Crippen molar-refractivity contribution in [3.05, 3.63) is 58.7 Å². The van der Waals surface area contributed by atoms with E-state index in [1.165, 1.54) is 0 Å². The van der Waals surface area contributed by atoms with E-state index in [4.69, 9.17) is 5.26 Å². The molecule has 0 aliphatic carbocycles. The highest BCUT2D eigenvalue weighted by molar-refractivity contribution is 7.90. The summed E-state index contributed by atoms with van der Waals surface area (Å²) in [5, 5.41) is 11.8. The second-order valence-electron chi connectivity index (χ2n) is 5.58. The maximum Gasteiger partial charge on any atom is 0.416 e. The van der Waals surface area contributed by atoms with E-state index in [-0.39, 0.29) is 17.0 Å². The van der Waals surface area contributed by atoms with Crippen molar-refractivity contribution in [2.45, 2.75) is 24.5 Å². The van der Waals surface area contributed by atoms with Gasteiger partial charge in [0.15, 0.2) is 9.84 Å². The molecule has 0 saturated carbocycles. The third kappa shape index (κ3) is 4.51. The highest BCUT2D eigenvalue weighted by Crippen LogP contribution is 2.34. The summed E-state index contributed by atoms with van der Waals surface area (Å²) in [6.45, 7) is 1.61. The zero-order valence-electron chi connectivity index (χ0n) is 13.5. The molecule has 1 N–H and O–H groups in total. The second-order valence-corrected chi connectivity index (χ2v) is 7.60. The molecule has 0 fully saturated rings. The summed E-state index contributed by atoms with van der Waals surface area (Å²) in [5.74, 6) is 0. The van der Waals surface area contributed by atoms with Gasteiger partial charge in [0.1, 0.15) is 0 Å². The molecule has 0 heterocycles. The number of alkyl halides is 3. The Balaban J connectivity index is 2.39. The molecular formula is C17H15F3N2O2S. The molecule has 0 spiro atoms. The standard InChI is InChI=1S/C17H15F3N2O2S/c1-11-3-4-12(9-21)7-16(11)22-10-13-5-6-14(25(2,23)24)8-15(13)17(18,19)20/h3-8,22H,10H2,1-2H3. The van der Waals surface area contributed by atoms with Crippen LogP contribution in [0.5, 0.6) is 0 Å². The van der Waals surface area contributed by atoms with E-state index in [1.807, 2.05) is 6.07 Å². The smallest absolute Gasteiger partial charge is 0.381 e. The maximum absolute atomic E-state index is 13.3. The first-order valence-electron chi connectivity index (χ1n) is 7.17. The number of anilines is 1. The summed E-state index contributed by atoms with van der Waals surface area (Å²) in [6, 6.07) is 9.77. The average molecular weight is 368 g/mol. The van der Waals surface area contributed by atoms with Crippen LogP contribution < -0.4 is 5.32 Å². The van der Waals surface area contributed by atoms with Crippen molar-refractivity contribution >= 4 is 15.5 Å². The Morgan fingerprint density at radius 1 is 1.16 bits per heavy atom. The van der Waals surface area contributed by atoms with Gasteiger partial charge in [-0.25, -0.2) is 8.42 Å². The van der Waals surface area contributed by atoms with Gasteiger partial charge in [-0.15, -0.1) is 0 Å². The molecule has 0 bridgehead atoms. The lowest BCUT2D eigenvalue weighted by atomic mass is 10.1. The highest BCUT2D eigenvalue weighted by Gasteiger charge is 2.34. The number of halogens is 3. The topological polar surface area (TPSA) is 70.0 Å². The lowest BCUT2D eigenvalue weighted by Gasteiger charge is -2.16. The summed E-state index contributed by atoms with van der Waals surface area (Å²) in [4.78, 5) is -0.383. The molecule has 0 saturated heterocycles. The largest absolute Gasteiger partial charge is 0.416 e. The Kier molecular flexibility index (Phi) is 5.09. The predicted molar refractivity (Wildman–Crippen MR) is 87.8 cm³/mol. The van der Waals surface area contributed by atoms with Gasteiger partial charge in [0.05, 0.1) is 22.1 Å². The van der Waals surface area contributed by atoms with Crippen molar-refractivity contribution < 1.29 is 21.6 Å². The maximum atomic E-state index is 13.3. The first-order valence-corrected chi connectivity index (χ1v) is 9.06. The molecule has 2 rings (SSSR count). The molecule has 2 aromatic carbocycles. The summed E-state index contributed by atoms with van der Waals surface area (Å²) in [5.41, 5.74) is 0.620. The number of nitrogens with one attached hydrogen (secondary N) is 1. The number of hydrogen-bond acceptors (Lipinski definition) is 4. The van der Waals surface area contributed by atoms with Crippen LogP contribution in [0.4, 0.5) is 18.9 Å². The number of nitriles is 1. The van der Waals surface area contributed by atoms with Crippen LogP contribution in [0, 0.1) is 18.3 Å². The zero-order valence-corrected chi connectivity index (χ0v) is 14.3. The monoisotopic (exact) mass is 368 g/mol. The minimum atomic E-state index is -4.68. The van der Waals surface area contributed by atoms with Gasteiger partial charge in [0.2, 0.25) is 0 Å². The molecule has 2 aromatic rings. The number of hydrogen-bond donors (Lipinski definition) is 1. The van der Waals surface area contributed by atoms with Crippen LogP contribution in [0.2, 0.25) is 0 Å². The van der Waals surface area contributed by atoms with Crippen LogP contribution in [0.25, 0.3) is 0 Å². The van der Waals surface area contributed by atoms with Crippen LogP contribution in [0.1, 0.15) is 22.3 Å². The number of aryl methyl sites for hydroxylation is 1. The van der Waals surface area contributed by atoms with Crippen LogP contribution in [0.15, 0.2) is 41.3 Å². The molecule has 8 heteroatoms. The lowest BCUT2D eigenvalue weighted by Crippen LogP contribution is -2.14. The molecule has 0 aromatic heterocycles. The molecule has 4 nitrogen and oxygen atoms in total. The van der Waals surface area contributed by atoms with Crippen molar-refractivity contribution in [3.8, 4) is 6.07 Å². The van der Waals surface area contributed by atoms with Crippen LogP contribution in [-0.4, -0.2) is 14.7 Å². The summed E-state index contributed by atoms with van der Waals surface area (Å²) >= 11 is 0. The fraction of sp³-hybridized carbons (Fsp3) is 0.235. The Morgan fingerprint density at radius 3 is 2.40 bits per heavy atom. The van der Waals surface area contributed by atoms with E-state index < -0.39 is 21.6 Å². The van der Waals surface area contributed by atoms with Gasteiger partial charge in [-0.1, -0.05) is 12.1 Å². The normalized spacial score (nSPS) is 11.8. The van der Waals surface area contributed by atoms with Crippen molar-refractivity contribution in [3.63, 3.8) is 0 Å². The first-order chi connectivity index (χ1) is 11.5. The minimum absolute atomic E-state index is 0.0818. The first kappa shape index (κ1) is 18.8. The molecule has 0 radical (unpaired) electrons. The fourth-order valence-corrected chi connectivity index (χ4v) is 2.92. The Morgan fingerprint density at radius 2 is 1.84 bits per heavy atom. The van der Waals surface area contributed by atoms with Gasteiger partial charge in [-0.2, -0.15) is 18.4 Å². The molecule has 25 heavy (non-hydrogen) atoms. The lowest BCUT2D eigenvalue weighted by molar-refractivity contribution is -0.138. The van der Waals surface area contributed by atoms with Gasteiger partial charge >= 0.3 is 6.18 Å². The molecular weight excluding hydrogens is 353 g/mol. The van der Waals surface area contributed by atoms with E-state index in [0.29, 0.717) is 17.3 Å². The van der Waals surface area contributed by atoms with Crippen LogP contribution in [0.3, 0.4) is 0 Å². The van der Waals surface area contributed by atoms with E-state index in [0.717, 1.165) is 24.0 Å². The highest BCUT2D eigenvalue weighted by atomic mass is 32.2. The molecule has 132 valence electrons. The molecule has 0 aliphatic rings. The number of sulfone groups is 1. The average Bonchev–Trinajstić information content (AvgIpc) is 2.52. The molecule has 0 aliphatic heterocycles. The van der Waals surface area contributed by atoms with E-state index in [9.17, 15) is 21.6 Å². The minimum Gasteiger partial charge on any atom is -0.381 e. The SMILES string of the molecule is Cc1ccc(C#N)cc1NCc1ccc(S(C)(=O)=O)cc1C(F)(F)F. The number of rotatable bonds is 4. The van der Waals surface area contributed by atoms with Crippen LogP contribution in [-0.2, 0) is 22.6 Å². The van der Waals surface area contributed by atoms with Gasteiger partial charge in [-0.05, 0) is 42.3 Å². The Bertz CT molecular complexity index is 945. The van der Waals surface area contributed by atoms with Gasteiger partial charge in [-0.3, -0.25) is 0 Å². The summed E-state index contributed by atoms with van der Waals surface area (Å²) < 4.78 is 62.8. The van der Waals surface area contributed by atoms with E-state index in [2.05, 4.69) is 5.32 Å². The quantitative estimate of drug-likeness (QED) is 0.889. The van der Waals surface area contributed by atoms with Crippen molar-refractivity contribution in [2.24, 2.45) is 0 Å². The molecule has 0 unspecified atom stereocenters. The van der Waals surface area contributed by atoms with Crippen LogP contribution >= 0.6 is 0 Å². The predicted octanol–water partition coefficient (Wildman–Crippen LogP) is 3.90. The summed E-state index contributed by atoms with van der Waals surface area (Å²) in [6.07, 6.45) is -3.82. The van der Waals surface area contributed by atoms with Crippen molar-refractivity contribution in [2.75, 3.05) is 11.6 Å². The Labute approximate surface area is 143 Å². The Hall–Kier alpha value is -2.53. The fourth-order valence-electron chi connectivity index (χ4n) is 2.28. The van der Waals surface area contributed by atoms with E-state index >= 15 is 0 Å². The van der Waals surface area contributed by atoms with Gasteiger partial charge in [0, 0.05) is 18.5 Å². The zero-order chi connectivity index (χ0) is 18.8. The molecule has 0 atom stereocenters. The van der Waals surface area contributed by atoms with Crippen molar-refractivity contribution in [1.29, 1.82) is 5.26 Å². The van der Waals surface area contributed by atoms with E-state index in [1.54, 1.807) is 25.1 Å². The third-order valence-corrected chi connectivity index (χ3v) is 4.76. The van der Waals surface area contributed by atoms with Gasteiger partial charge < -0.3 is 5.32 Å².